The number of anilines is 1. The summed E-state index contributed by atoms with van der Waals surface area (Å²) in [6.45, 7) is 3.04. The van der Waals surface area contributed by atoms with Gasteiger partial charge in [-0.1, -0.05) is 6.92 Å². The fraction of sp³-hybridized carbons (Fsp3) is 0.300. The summed E-state index contributed by atoms with van der Waals surface area (Å²) in [5.41, 5.74) is 4.00. The van der Waals surface area contributed by atoms with Crippen LogP contribution < -0.4 is 10.0 Å². The molecule has 1 aliphatic carbocycles. The molecule has 0 saturated carbocycles. The molecule has 0 bridgehead atoms. The van der Waals surface area contributed by atoms with Gasteiger partial charge in [-0.15, -0.1) is 0 Å². The maximum Gasteiger partial charge on any atom is 0.261 e. The van der Waals surface area contributed by atoms with E-state index in [9.17, 15) is 12.8 Å². The first kappa shape index (κ1) is 18.0. The van der Waals surface area contributed by atoms with Gasteiger partial charge in [0.25, 0.3) is 10.0 Å². The van der Waals surface area contributed by atoms with Crippen molar-refractivity contribution in [2.75, 3.05) is 11.3 Å². The first-order valence-electron chi connectivity index (χ1n) is 9.11. The Kier molecular flexibility index (Phi) is 4.65. The van der Waals surface area contributed by atoms with E-state index in [1.54, 1.807) is 6.07 Å². The number of H-pyrrole nitrogens is 1. The minimum absolute atomic E-state index is 0.0345. The Bertz CT molecular complexity index is 1070. The number of likely N-dealkylation sites (N-methyl/N-ethyl adjacent to an activating group) is 1. The van der Waals surface area contributed by atoms with Crippen molar-refractivity contribution in [3.8, 4) is 0 Å². The van der Waals surface area contributed by atoms with Crippen LogP contribution in [-0.4, -0.2) is 26.0 Å². The lowest BCUT2D eigenvalue weighted by Gasteiger charge is -2.23. The summed E-state index contributed by atoms with van der Waals surface area (Å²) < 4.78 is 40.8. The number of hydrogen-bond acceptors (Lipinski definition) is 3. The van der Waals surface area contributed by atoms with Crippen molar-refractivity contribution < 1.29 is 12.8 Å². The molecule has 1 aromatic heterocycles. The van der Waals surface area contributed by atoms with Crippen molar-refractivity contribution in [1.82, 2.24) is 10.3 Å². The molecular weight excluding hydrogens is 365 g/mol. The summed E-state index contributed by atoms with van der Waals surface area (Å²) in [6, 6.07) is 10.8. The Morgan fingerprint density at radius 2 is 1.96 bits per heavy atom. The van der Waals surface area contributed by atoms with E-state index >= 15 is 0 Å². The van der Waals surface area contributed by atoms with Crippen LogP contribution in [0.15, 0.2) is 47.4 Å². The topological polar surface area (TPSA) is 74.0 Å². The second-order valence-corrected chi connectivity index (χ2v) is 8.58. The van der Waals surface area contributed by atoms with Crippen molar-refractivity contribution >= 4 is 26.6 Å². The molecule has 142 valence electrons. The van der Waals surface area contributed by atoms with Crippen LogP contribution in [0, 0.1) is 5.82 Å². The van der Waals surface area contributed by atoms with Gasteiger partial charge in [0.15, 0.2) is 0 Å². The standard InChI is InChI=1S/C20H22FN3O2S/c1-2-22-14-5-9-19-17(11-14)18-12-15(6-10-20(18)23-19)24-27(25,26)16-7-3-13(21)4-8-16/h3-4,6-8,10,12,14,22-24H,2,5,9,11H2,1H3. The summed E-state index contributed by atoms with van der Waals surface area (Å²) in [6.07, 6.45) is 3.01. The van der Waals surface area contributed by atoms with Crippen LogP contribution in [-0.2, 0) is 22.9 Å². The van der Waals surface area contributed by atoms with E-state index in [2.05, 4.69) is 21.9 Å². The third-order valence-electron chi connectivity index (χ3n) is 5.06. The van der Waals surface area contributed by atoms with Crippen molar-refractivity contribution in [3.05, 3.63) is 59.5 Å². The number of aromatic nitrogens is 1. The number of sulfonamides is 1. The average Bonchev–Trinajstić information content (AvgIpc) is 2.99. The average molecular weight is 387 g/mol. The number of nitrogens with one attached hydrogen (secondary N) is 3. The van der Waals surface area contributed by atoms with Crippen LogP contribution in [0.1, 0.15) is 24.6 Å². The number of aromatic amines is 1. The SMILES string of the molecule is CCNC1CCc2[nH]c3ccc(NS(=O)(=O)c4ccc(F)cc4)cc3c2C1. The maximum absolute atomic E-state index is 13.1. The molecule has 1 atom stereocenters. The van der Waals surface area contributed by atoms with Gasteiger partial charge < -0.3 is 10.3 Å². The Morgan fingerprint density at radius 3 is 2.70 bits per heavy atom. The molecule has 0 spiro atoms. The summed E-state index contributed by atoms with van der Waals surface area (Å²) in [4.78, 5) is 3.49. The van der Waals surface area contributed by atoms with E-state index < -0.39 is 15.8 Å². The number of hydrogen-bond donors (Lipinski definition) is 3. The first-order valence-corrected chi connectivity index (χ1v) is 10.6. The maximum atomic E-state index is 13.1. The molecule has 0 fully saturated rings. The third kappa shape index (κ3) is 3.57. The predicted octanol–water partition coefficient (Wildman–Crippen LogP) is 3.57. The third-order valence-corrected chi connectivity index (χ3v) is 6.45. The zero-order valence-electron chi connectivity index (χ0n) is 15.0. The van der Waals surface area contributed by atoms with Gasteiger partial charge in [-0.2, -0.15) is 0 Å². The van der Waals surface area contributed by atoms with Crippen LogP contribution >= 0.6 is 0 Å². The molecule has 27 heavy (non-hydrogen) atoms. The van der Waals surface area contributed by atoms with Crippen molar-refractivity contribution in [3.63, 3.8) is 0 Å². The van der Waals surface area contributed by atoms with Gasteiger partial charge in [-0.3, -0.25) is 4.72 Å². The molecule has 7 heteroatoms. The van der Waals surface area contributed by atoms with Gasteiger partial charge in [0.2, 0.25) is 0 Å². The molecule has 3 aromatic rings. The van der Waals surface area contributed by atoms with Gasteiger partial charge in [0, 0.05) is 28.3 Å². The molecule has 1 unspecified atom stereocenters. The van der Waals surface area contributed by atoms with Crippen LogP contribution in [0.5, 0.6) is 0 Å². The summed E-state index contributed by atoms with van der Waals surface area (Å²) >= 11 is 0. The van der Waals surface area contributed by atoms with Gasteiger partial charge in [-0.05, 0) is 73.8 Å². The minimum Gasteiger partial charge on any atom is -0.358 e. The monoisotopic (exact) mass is 387 g/mol. The van der Waals surface area contributed by atoms with Crippen LogP contribution in [0.3, 0.4) is 0 Å². The van der Waals surface area contributed by atoms with Crippen LogP contribution in [0.25, 0.3) is 10.9 Å². The normalized spacial score (nSPS) is 17.0. The molecule has 0 radical (unpaired) electrons. The zero-order chi connectivity index (χ0) is 19.0. The highest BCUT2D eigenvalue weighted by Gasteiger charge is 2.22. The highest BCUT2D eigenvalue weighted by atomic mass is 32.2. The van der Waals surface area contributed by atoms with Gasteiger partial charge in [-0.25, -0.2) is 12.8 Å². The Balaban J connectivity index is 1.65. The highest BCUT2D eigenvalue weighted by molar-refractivity contribution is 7.92. The van der Waals surface area contributed by atoms with Crippen molar-refractivity contribution in [1.29, 1.82) is 0 Å². The summed E-state index contributed by atoms with van der Waals surface area (Å²) in [5, 5.41) is 4.55. The first-order chi connectivity index (χ1) is 13.0. The fourth-order valence-electron chi connectivity index (χ4n) is 3.77. The summed E-state index contributed by atoms with van der Waals surface area (Å²) in [7, 11) is -3.76. The lowest BCUT2D eigenvalue weighted by molar-refractivity contribution is 0.470. The Morgan fingerprint density at radius 1 is 1.19 bits per heavy atom. The lowest BCUT2D eigenvalue weighted by Crippen LogP contribution is -2.34. The smallest absolute Gasteiger partial charge is 0.261 e. The van der Waals surface area contributed by atoms with Gasteiger partial charge in [0.1, 0.15) is 5.82 Å². The second-order valence-electron chi connectivity index (χ2n) is 6.90. The van der Waals surface area contributed by atoms with E-state index in [4.69, 9.17) is 0 Å². The number of fused-ring (bicyclic) bond motifs is 3. The molecule has 0 amide bonds. The molecule has 5 nitrogen and oxygen atoms in total. The molecule has 1 aliphatic rings. The lowest BCUT2D eigenvalue weighted by atomic mass is 9.91. The highest BCUT2D eigenvalue weighted by Crippen LogP contribution is 2.31. The predicted molar refractivity (Wildman–Crippen MR) is 105 cm³/mol. The molecule has 1 heterocycles. The number of aryl methyl sites for hydroxylation is 1. The quantitative estimate of drug-likeness (QED) is 0.627. The largest absolute Gasteiger partial charge is 0.358 e. The van der Waals surface area contributed by atoms with E-state index in [0.717, 1.165) is 48.8 Å². The zero-order valence-corrected chi connectivity index (χ0v) is 15.9. The van der Waals surface area contributed by atoms with Crippen molar-refractivity contribution in [2.45, 2.75) is 37.1 Å². The molecule has 2 aromatic carbocycles. The molecule has 3 N–H and O–H groups in total. The number of rotatable bonds is 5. The Hall–Kier alpha value is -2.38. The number of benzene rings is 2. The second kappa shape index (κ2) is 6.98. The minimum atomic E-state index is -3.76. The molecule has 0 aliphatic heterocycles. The van der Waals surface area contributed by atoms with Gasteiger partial charge >= 0.3 is 0 Å². The molecular formula is C20H22FN3O2S. The van der Waals surface area contributed by atoms with Gasteiger partial charge in [0.05, 0.1) is 4.90 Å². The van der Waals surface area contributed by atoms with E-state index in [1.165, 1.54) is 23.4 Å². The fourth-order valence-corrected chi connectivity index (χ4v) is 4.82. The van der Waals surface area contributed by atoms with E-state index in [-0.39, 0.29) is 4.90 Å². The van der Waals surface area contributed by atoms with Crippen LogP contribution in [0.2, 0.25) is 0 Å². The summed E-state index contributed by atoms with van der Waals surface area (Å²) in [5.74, 6) is -0.468. The van der Waals surface area contributed by atoms with E-state index in [0.29, 0.717) is 11.7 Å². The molecule has 0 saturated heterocycles. The van der Waals surface area contributed by atoms with Crippen LogP contribution in [0.4, 0.5) is 10.1 Å². The molecule has 4 rings (SSSR count). The Labute approximate surface area is 158 Å². The number of halogens is 1. The van der Waals surface area contributed by atoms with Crippen molar-refractivity contribution in [2.24, 2.45) is 0 Å². The van der Waals surface area contributed by atoms with E-state index in [1.807, 2.05) is 12.1 Å².